The van der Waals surface area contributed by atoms with Crippen molar-refractivity contribution < 1.29 is 28.6 Å². The maximum absolute atomic E-state index is 12.0. The molecule has 0 aromatic heterocycles. The molecule has 3 N–H and O–H groups in total. The lowest BCUT2D eigenvalue weighted by atomic mass is 10.0. The molecule has 1 aliphatic rings. The van der Waals surface area contributed by atoms with Crippen LogP contribution in [0.2, 0.25) is 0 Å². The van der Waals surface area contributed by atoms with Crippen LogP contribution in [-0.2, 0) is 19.1 Å². The Morgan fingerprint density at radius 3 is 2.25 bits per heavy atom. The Morgan fingerprint density at radius 2 is 1.66 bits per heavy atom. The monoisotopic (exact) mass is 439 g/mol. The van der Waals surface area contributed by atoms with Crippen molar-refractivity contribution in [1.29, 1.82) is 0 Å². The van der Waals surface area contributed by atoms with E-state index < -0.39 is 12.1 Å². The molecular weight excluding hydrogens is 414 g/mol. The molecule has 3 rings (SSSR count). The summed E-state index contributed by atoms with van der Waals surface area (Å²) in [7, 11) is 2.55. The molecule has 0 radical (unpaired) electrons. The number of amides is 2. The number of ether oxygens (including phenoxy) is 3. The summed E-state index contributed by atoms with van der Waals surface area (Å²) in [5.74, 6) is -0.174. The number of nitrogens with two attached hydrogens (primary N) is 1. The van der Waals surface area contributed by atoms with E-state index in [2.05, 4.69) is 19.8 Å². The van der Waals surface area contributed by atoms with Gasteiger partial charge < -0.3 is 25.3 Å². The summed E-state index contributed by atoms with van der Waals surface area (Å²) in [6, 6.07) is 14.7. The molecule has 0 aliphatic carbocycles. The maximum Gasteiger partial charge on any atom is 0.435 e. The third-order valence-electron chi connectivity index (χ3n) is 5.13. The number of aliphatic imine (C=N–C) groups is 1. The first-order valence-corrected chi connectivity index (χ1v) is 10.0. The number of nitrogens with zero attached hydrogens (tertiary/aromatic N) is 1. The molecule has 2 amide bonds. The van der Waals surface area contributed by atoms with Gasteiger partial charge in [-0.1, -0.05) is 36.4 Å². The summed E-state index contributed by atoms with van der Waals surface area (Å²) in [4.78, 5) is 38.2. The van der Waals surface area contributed by atoms with Gasteiger partial charge in [-0.3, -0.25) is 9.59 Å². The molecule has 0 bridgehead atoms. The first-order chi connectivity index (χ1) is 15.4. The van der Waals surface area contributed by atoms with Crippen LogP contribution in [0.25, 0.3) is 11.1 Å². The fourth-order valence-corrected chi connectivity index (χ4v) is 3.38. The average molecular weight is 439 g/mol. The second-order valence-electron chi connectivity index (χ2n) is 7.30. The molecule has 0 saturated carbocycles. The molecule has 32 heavy (non-hydrogen) atoms. The fraction of sp³-hybridized carbons (Fsp3) is 0.304. The second-order valence-corrected chi connectivity index (χ2v) is 7.30. The maximum atomic E-state index is 12.0. The van der Waals surface area contributed by atoms with Crippen LogP contribution in [-0.4, -0.2) is 50.7 Å². The van der Waals surface area contributed by atoms with Crippen molar-refractivity contribution in [3.63, 3.8) is 0 Å². The molecule has 9 heteroatoms. The van der Waals surface area contributed by atoms with E-state index in [1.807, 2.05) is 36.4 Å². The summed E-state index contributed by atoms with van der Waals surface area (Å²) in [6.45, 7) is 0.316. The molecule has 2 aromatic rings. The standard InChI is InChI=1S/C23H25N3O6/c1-30-20(27)12-17-11-18(25-22(17)28)13-32-19-9-7-15(8-10-19)14-3-5-16(6-4-14)21(24)26-23(29)31-2/h3-10,17-18H,11-13H2,1-2H3,(H,25,28)(H2,24,26,29). The Bertz CT molecular complexity index is 1000. The SMILES string of the molecule is COC(=O)CC1CC(COc2ccc(-c3ccc(/C(N)=N\C(=O)OC)cc3)cc2)NC1=O. The summed E-state index contributed by atoms with van der Waals surface area (Å²) in [5, 5.41) is 2.85. The Morgan fingerprint density at radius 1 is 1.03 bits per heavy atom. The number of hydrogen-bond donors (Lipinski definition) is 2. The Hall–Kier alpha value is -3.88. The van der Waals surface area contributed by atoms with Gasteiger partial charge >= 0.3 is 12.1 Å². The molecule has 9 nitrogen and oxygen atoms in total. The third-order valence-corrected chi connectivity index (χ3v) is 5.13. The molecule has 2 unspecified atom stereocenters. The number of carbonyl (C=O) groups is 3. The van der Waals surface area contributed by atoms with E-state index >= 15 is 0 Å². The predicted octanol–water partition coefficient (Wildman–Crippen LogP) is 2.27. The molecule has 2 atom stereocenters. The number of carbonyl (C=O) groups excluding carboxylic acids is 3. The highest BCUT2D eigenvalue weighted by Crippen LogP contribution is 2.24. The van der Waals surface area contributed by atoms with Crippen LogP contribution >= 0.6 is 0 Å². The number of benzene rings is 2. The molecular formula is C23H25N3O6. The number of esters is 1. The topological polar surface area (TPSA) is 129 Å². The van der Waals surface area contributed by atoms with Crippen LogP contribution in [0.3, 0.4) is 0 Å². The quantitative estimate of drug-likeness (QED) is 0.385. The normalized spacial score (nSPS) is 18.1. The Kier molecular flexibility index (Phi) is 7.43. The van der Waals surface area contributed by atoms with Gasteiger partial charge in [-0.25, -0.2) is 4.79 Å². The van der Waals surface area contributed by atoms with Gasteiger partial charge in [-0.05, 0) is 29.7 Å². The van der Waals surface area contributed by atoms with Crippen molar-refractivity contribution in [3.8, 4) is 16.9 Å². The highest BCUT2D eigenvalue weighted by atomic mass is 16.5. The van der Waals surface area contributed by atoms with Crippen LogP contribution < -0.4 is 15.8 Å². The highest BCUT2D eigenvalue weighted by molar-refractivity contribution is 6.03. The van der Waals surface area contributed by atoms with Gasteiger partial charge in [0.15, 0.2) is 0 Å². The van der Waals surface area contributed by atoms with Gasteiger partial charge in [0.05, 0.1) is 32.6 Å². The lowest BCUT2D eigenvalue weighted by Gasteiger charge is -2.12. The van der Waals surface area contributed by atoms with E-state index in [0.717, 1.165) is 11.1 Å². The van der Waals surface area contributed by atoms with E-state index in [1.54, 1.807) is 12.1 Å². The zero-order valence-corrected chi connectivity index (χ0v) is 17.9. The zero-order chi connectivity index (χ0) is 23.1. The molecule has 1 aliphatic heterocycles. The molecule has 1 fully saturated rings. The second kappa shape index (κ2) is 10.4. The molecule has 1 heterocycles. The first kappa shape index (κ1) is 22.8. The number of rotatable bonds is 7. The van der Waals surface area contributed by atoms with E-state index in [0.29, 0.717) is 24.3 Å². The van der Waals surface area contributed by atoms with Crippen molar-refractivity contribution in [2.24, 2.45) is 16.6 Å². The molecule has 1 saturated heterocycles. The van der Waals surface area contributed by atoms with Crippen molar-refractivity contribution >= 4 is 23.8 Å². The minimum Gasteiger partial charge on any atom is -0.491 e. The lowest BCUT2D eigenvalue weighted by Crippen LogP contribution is -2.31. The number of amidine groups is 1. The smallest absolute Gasteiger partial charge is 0.435 e. The highest BCUT2D eigenvalue weighted by Gasteiger charge is 2.34. The largest absolute Gasteiger partial charge is 0.491 e. The van der Waals surface area contributed by atoms with Crippen molar-refractivity contribution in [3.05, 3.63) is 54.1 Å². The van der Waals surface area contributed by atoms with Gasteiger partial charge in [-0.15, -0.1) is 0 Å². The van der Waals surface area contributed by atoms with Crippen molar-refractivity contribution in [2.75, 3.05) is 20.8 Å². The lowest BCUT2D eigenvalue weighted by molar-refractivity contribution is -0.143. The summed E-state index contributed by atoms with van der Waals surface area (Å²) in [6.07, 6.45) is -0.147. The number of nitrogens with one attached hydrogen (secondary N) is 1. The summed E-state index contributed by atoms with van der Waals surface area (Å²) in [5.41, 5.74) is 8.34. The predicted molar refractivity (Wildman–Crippen MR) is 117 cm³/mol. The van der Waals surface area contributed by atoms with Gasteiger partial charge in [0, 0.05) is 5.56 Å². The first-order valence-electron chi connectivity index (χ1n) is 10.0. The van der Waals surface area contributed by atoms with Crippen molar-refractivity contribution in [2.45, 2.75) is 18.9 Å². The molecule has 0 spiro atoms. The van der Waals surface area contributed by atoms with E-state index in [-0.39, 0.29) is 30.1 Å². The zero-order valence-electron chi connectivity index (χ0n) is 17.9. The van der Waals surface area contributed by atoms with E-state index in [4.69, 9.17) is 10.5 Å². The summed E-state index contributed by atoms with van der Waals surface area (Å²) >= 11 is 0. The fourth-order valence-electron chi connectivity index (χ4n) is 3.38. The molecule has 168 valence electrons. The van der Waals surface area contributed by atoms with Crippen molar-refractivity contribution in [1.82, 2.24) is 5.32 Å². The minimum atomic E-state index is -0.752. The van der Waals surface area contributed by atoms with E-state index in [1.165, 1.54) is 14.2 Å². The van der Waals surface area contributed by atoms with Crippen LogP contribution in [0.15, 0.2) is 53.5 Å². The van der Waals surface area contributed by atoms with Crippen LogP contribution in [0.4, 0.5) is 4.79 Å². The van der Waals surface area contributed by atoms with Crippen LogP contribution in [0.5, 0.6) is 5.75 Å². The third kappa shape index (κ3) is 5.84. The van der Waals surface area contributed by atoms with Gasteiger partial charge in [0.25, 0.3) is 0 Å². The molecule has 2 aromatic carbocycles. The van der Waals surface area contributed by atoms with Gasteiger partial charge in [-0.2, -0.15) is 4.99 Å². The van der Waals surface area contributed by atoms with Crippen LogP contribution in [0, 0.1) is 5.92 Å². The van der Waals surface area contributed by atoms with Gasteiger partial charge in [0.1, 0.15) is 18.2 Å². The van der Waals surface area contributed by atoms with E-state index in [9.17, 15) is 14.4 Å². The minimum absolute atomic E-state index is 0.0759. The Balaban J connectivity index is 1.55. The number of methoxy groups -OCH3 is 2. The number of hydrogen-bond acceptors (Lipinski definition) is 6. The van der Waals surface area contributed by atoms with Gasteiger partial charge in [0.2, 0.25) is 5.91 Å². The average Bonchev–Trinajstić information content (AvgIpc) is 3.16. The van der Waals surface area contributed by atoms with Crippen LogP contribution in [0.1, 0.15) is 18.4 Å². The Labute approximate surface area is 185 Å². The summed E-state index contributed by atoms with van der Waals surface area (Å²) < 4.78 is 14.9.